The molecule has 0 aliphatic carbocycles. The Labute approximate surface area is 126 Å². The Hall–Kier alpha value is -1.00. The summed E-state index contributed by atoms with van der Waals surface area (Å²) < 4.78 is 25.2. The molecule has 0 saturated carbocycles. The highest BCUT2D eigenvalue weighted by molar-refractivity contribution is 5.23. The first kappa shape index (κ1) is 16.4. The third-order valence-electron chi connectivity index (χ3n) is 3.90. The van der Waals surface area contributed by atoms with E-state index >= 15 is 0 Å². The summed E-state index contributed by atoms with van der Waals surface area (Å²) in [5, 5.41) is 3.53. The molecule has 0 amide bonds. The van der Waals surface area contributed by atoms with E-state index in [2.05, 4.69) is 24.1 Å². The molecule has 1 fully saturated rings. The predicted molar refractivity (Wildman–Crippen MR) is 82.5 cm³/mol. The molecule has 1 atom stereocenters. The molecule has 1 aliphatic heterocycles. The molecule has 2 nitrogen and oxygen atoms in total. The van der Waals surface area contributed by atoms with Gasteiger partial charge in [0, 0.05) is 31.2 Å². The van der Waals surface area contributed by atoms with Crippen LogP contribution in [0.2, 0.25) is 0 Å². The van der Waals surface area contributed by atoms with Crippen molar-refractivity contribution in [3.8, 4) is 0 Å². The van der Waals surface area contributed by atoms with Crippen molar-refractivity contribution in [1.82, 2.24) is 10.2 Å². The molecule has 1 aromatic rings. The molecule has 1 saturated heterocycles. The summed E-state index contributed by atoms with van der Waals surface area (Å²) in [6.45, 7) is 8.46. The molecule has 0 bridgehead atoms. The molecular formula is C17H26F2N2. The van der Waals surface area contributed by atoms with Crippen molar-refractivity contribution in [1.29, 1.82) is 0 Å². The van der Waals surface area contributed by atoms with Crippen molar-refractivity contribution in [3.05, 3.63) is 35.4 Å². The molecule has 1 aromatic carbocycles. The zero-order valence-corrected chi connectivity index (χ0v) is 13.0. The van der Waals surface area contributed by atoms with Crippen molar-refractivity contribution in [2.24, 2.45) is 5.92 Å². The molecule has 0 radical (unpaired) electrons. The van der Waals surface area contributed by atoms with Crippen LogP contribution in [0.4, 0.5) is 8.78 Å². The Morgan fingerprint density at radius 2 is 1.95 bits per heavy atom. The number of nitrogens with one attached hydrogen (secondary N) is 1. The minimum atomic E-state index is -2.38. The normalized spacial score (nSPS) is 19.1. The van der Waals surface area contributed by atoms with Gasteiger partial charge in [-0.25, -0.2) is 8.78 Å². The van der Waals surface area contributed by atoms with Gasteiger partial charge in [0.05, 0.1) is 0 Å². The molecule has 1 aliphatic rings. The van der Waals surface area contributed by atoms with Crippen molar-refractivity contribution < 1.29 is 8.78 Å². The topological polar surface area (TPSA) is 15.3 Å². The Morgan fingerprint density at radius 3 is 2.48 bits per heavy atom. The maximum Gasteiger partial charge on any atom is 0.263 e. The summed E-state index contributed by atoms with van der Waals surface area (Å²) in [4.78, 5) is 2.44. The first-order valence-electron chi connectivity index (χ1n) is 7.87. The number of halogens is 2. The largest absolute Gasteiger partial charge is 0.313 e. The minimum absolute atomic E-state index is 0.103. The third-order valence-corrected chi connectivity index (χ3v) is 3.90. The maximum absolute atomic E-state index is 12.6. The summed E-state index contributed by atoms with van der Waals surface area (Å²) in [7, 11) is 0. The van der Waals surface area contributed by atoms with Crippen LogP contribution >= 0.6 is 0 Å². The number of alkyl halides is 2. The van der Waals surface area contributed by atoms with E-state index in [0.717, 1.165) is 31.7 Å². The molecule has 4 heteroatoms. The highest BCUT2D eigenvalue weighted by Gasteiger charge is 2.18. The van der Waals surface area contributed by atoms with E-state index in [0.29, 0.717) is 12.0 Å². The van der Waals surface area contributed by atoms with Crippen molar-refractivity contribution >= 4 is 0 Å². The molecular weight excluding hydrogens is 270 g/mol. The van der Waals surface area contributed by atoms with Crippen LogP contribution in [0.1, 0.15) is 44.2 Å². The number of hydrogen-bond donors (Lipinski definition) is 1. The first-order valence-corrected chi connectivity index (χ1v) is 7.87. The van der Waals surface area contributed by atoms with E-state index in [1.807, 2.05) is 12.1 Å². The van der Waals surface area contributed by atoms with Gasteiger partial charge in [-0.3, -0.25) is 4.90 Å². The molecule has 0 spiro atoms. The van der Waals surface area contributed by atoms with Gasteiger partial charge in [-0.1, -0.05) is 38.1 Å². The van der Waals surface area contributed by atoms with Crippen LogP contribution in [0.15, 0.2) is 24.3 Å². The van der Waals surface area contributed by atoms with Crippen LogP contribution < -0.4 is 5.32 Å². The van der Waals surface area contributed by atoms with Crippen LogP contribution in [0.25, 0.3) is 0 Å². The zero-order valence-electron chi connectivity index (χ0n) is 13.0. The van der Waals surface area contributed by atoms with Gasteiger partial charge in [0.25, 0.3) is 6.43 Å². The second kappa shape index (κ2) is 7.85. The van der Waals surface area contributed by atoms with Crippen molar-refractivity contribution in [3.63, 3.8) is 0 Å². The predicted octanol–water partition coefficient (Wildman–Crippen LogP) is 3.83. The SMILES string of the molecule is CC(C)CN(Cc1ccc(C(F)F)cc1)CC1CCCN1. The average Bonchev–Trinajstić information content (AvgIpc) is 2.91. The molecule has 2 rings (SSSR count). The quantitative estimate of drug-likeness (QED) is 0.822. The number of hydrogen-bond acceptors (Lipinski definition) is 2. The van der Waals surface area contributed by atoms with Crippen LogP contribution in [0.3, 0.4) is 0 Å². The lowest BCUT2D eigenvalue weighted by Gasteiger charge is -2.27. The average molecular weight is 296 g/mol. The first-order chi connectivity index (χ1) is 10.0. The smallest absolute Gasteiger partial charge is 0.263 e. The molecule has 1 heterocycles. The standard InChI is InChI=1S/C17H26F2N2/c1-13(2)10-21(12-16-4-3-9-20-16)11-14-5-7-15(8-6-14)17(18)19/h5-8,13,16-17,20H,3-4,9-12H2,1-2H3. The second-order valence-corrected chi connectivity index (χ2v) is 6.42. The summed E-state index contributed by atoms with van der Waals surface area (Å²) in [6.07, 6.45) is 0.107. The Bertz CT molecular complexity index is 411. The zero-order chi connectivity index (χ0) is 15.2. The molecule has 1 N–H and O–H groups in total. The van der Waals surface area contributed by atoms with Gasteiger partial charge in [-0.05, 0) is 30.9 Å². The molecule has 21 heavy (non-hydrogen) atoms. The van der Waals surface area contributed by atoms with Gasteiger partial charge in [-0.2, -0.15) is 0 Å². The van der Waals surface area contributed by atoms with Gasteiger partial charge < -0.3 is 5.32 Å². The Kier molecular flexibility index (Phi) is 6.12. The number of benzene rings is 1. The Balaban J connectivity index is 1.96. The van der Waals surface area contributed by atoms with Crippen LogP contribution in [-0.2, 0) is 6.54 Å². The third kappa shape index (κ3) is 5.36. The van der Waals surface area contributed by atoms with Gasteiger partial charge >= 0.3 is 0 Å². The highest BCUT2D eigenvalue weighted by atomic mass is 19.3. The lowest BCUT2D eigenvalue weighted by Crippen LogP contribution is -2.38. The van der Waals surface area contributed by atoms with E-state index in [1.54, 1.807) is 12.1 Å². The van der Waals surface area contributed by atoms with Gasteiger partial charge in [0.2, 0.25) is 0 Å². The lowest BCUT2D eigenvalue weighted by molar-refractivity contribution is 0.151. The molecule has 1 unspecified atom stereocenters. The van der Waals surface area contributed by atoms with Gasteiger partial charge in [-0.15, -0.1) is 0 Å². The summed E-state index contributed by atoms with van der Waals surface area (Å²) in [6, 6.07) is 7.32. The second-order valence-electron chi connectivity index (χ2n) is 6.42. The van der Waals surface area contributed by atoms with E-state index in [-0.39, 0.29) is 5.56 Å². The maximum atomic E-state index is 12.6. The lowest BCUT2D eigenvalue weighted by atomic mass is 10.1. The van der Waals surface area contributed by atoms with E-state index in [4.69, 9.17) is 0 Å². The van der Waals surface area contributed by atoms with E-state index < -0.39 is 6.43 Å². The fraction of sp³-hybridized carbons (Fsp3) is 0.647. The van der Waals surface area contributed by atoms with Crippen LogP contribution in [0, 0.1) is 5.92 Å². The summed E-state index contributed by atoms with van der Waals surface area (Å²) in [5.74, 6) is 0.603. The van der Waals surface area contributed by atoms with Crippen LogP contribution in [-0.4, -0.2) is 30.6 Å². The summed E-state index contributed by atoms with van der Waals surface area (Å²) in [5.41, 5.74) is 1.21. The number of rotatable bonds is 7. The fourth-order valence-corrected chi connectivity index (χ4v) is 2.97. The van der Waals surface area contributed by atoms with Crippen molar-refractivity contribution in [2.75, 3.05) is 19.6 Å². The van der Waals surface area contributed by atoms with Crippen LogP contribution in [0.5, 0.6) is 0 Å². The van der Waals surface area contributed by atoms with E-state index in [1.165, 1.54) is 12.8 Å². The van der Waals surface area contributed by atoms with E-state index in [9.17, 15) is 8.78 Å². The van der Waals surface area contributed by atoms with Gasteiger partial charge in [0.15, 0.2) is 0 Å². The monoisotopic (exact) mass is 296 g/mol. The Morgan fingerprint density at radius 1 is 1.24 bits per heavy atom. The minimum Gasteiger partial charge on any atom is -0.313 e. The highest BCUT2D eigenvalue weighted by Crippen LogP contribution is 2.20. The van der Waals surface area contributed by atoms with Gasteiger partial charge in [0.1, 0.15) is 0 Å². The molecule has 0 aromatic heterocycles. The summed E-state index contributed by atoms with van der Waals surface area (Å²) >= 11 is 0. The fourth-order valence-electron chi connectivity index (χ4n) is 2.97. The molecule has 118 valence electrons. The number of nitrogens with zero attached hydrogens (tertiary/aromatic N) is 1. The van der Waals surface area contributed by atoms with Crippen molar-refractivity contribution in [2.45, 2.75) is 45.7 Å².